The molecular weight excluding hydrogens is 386 g/mol. The van der Waals surface area contributed by atoms with Crippen LogP contribution in [-0.4, -0.2) is 16.8 Å². The van der Waals surface area contributed by atoms with E-state index in [1.165, 1.54) is 52.4 Å². The molecule has 0 radical (unpaired) electrons. The zero-order chi connectivity index (χ0) is 23.4. The molecule has 0 unspecified atom stereocenters. The number of hydrogen-bond acceptors (Lipinski definition) is 4. The first-order valence-corrected chi connectivity index (χ1v) is 11.3. The number of anilines is 1. The van der Waals surface area contributed by atoms with Gasteiger partial charge in [0.15, 0.2) is 5.82 Å². The van der Waals surface area contributed by atoms with E-state index in [4.69, 9.17) is 0 Å². The number of rotatable bonds is 9. The van der Waals surface area contributed by atoms with Gasteiger partial charge >= 0.3 is 0 Å². The van der Waals surface area contributed by atoms with Gasteiger partial charge in [0.25, 0.3) is 0 Å². The van der Waals surface area contributed by atoms with Crippen LogP contribution in [0.4, 0.5) is 5.82 Å². The monoisotopic (exact) mass is 423 g/mol. The van der Waals surface area contributed by atoms with E-state index < -0.39 is 11.8 Å². The van der Waals surface area contributed by atoms with E-state index in [0.717, 1.165) is 24.2 Å². The van der Waals surface area contributed by atoms with Crippen molar-refractivity contribution in [3.05, 3.63) is 22.9 Å². The molecule has 31 heavy (non-hydrogen) atoms. The molecule has 0 saturated carbocycles. The molecule has 1 heterocycles. The highest BCUT2D eigenvalue weighted by molar-refractivity contribution is 6.13. The smallest absolute Gasteiger partial charge is 0.231 e. The summed E-state index contributed by atoms with van der Waals surface area (Å²) in [5, 5.41) is 9.29. The molecule has 0 atom stereocenters. The highest BCUT2D eigenvalue weighted by atomic mass is 16.2. The number of carbonyl (C=O) groups excluding carboxylic acids is 2. The van der Waals surface area contributed by atoms with Crippen LogP contribution in [0.2, 0.25) is 0 Å². The van der Waals surface area contributed by atoms with Crippen molar-refractivity contribution in [1.29, 1.82) is 5.26 Å². The van der Waals surface area contributed by atoms with Crippen molar-refractivity contribution in [3.8, 4) is 17.9 Å². The number of imide groups is 1. The molecule has 0 aliphatic carbocycles. The molecule has 0 bridgehead atoms. The third-order valence-electron chi connectivity index (χ3n) is 5.11. The summed E-state index contributed by atoms with van der Waals surface area (Å²) in [5.74, 6) is 5.52. The summed E-state index contributed by atoms with van der Waals surface area (Å²) in [4.78, 5) is 29.2. The fourth-order valence-electron chi connectivity index (χ4n) is 3.40. The van der Waals surface area contributed by atoms with Crippen LogP contribution in [0.1, 0.15) is 109 Å². The fourth-order valence-corrected chi connectivity index (χ4v) is 3.40. The van der Waals surface area contributed by atoms with E-state index in [9.17, 15) is 14.9 Å². The van der Waals surface area contributed by atoms with E-state index in [0.29, 0.717) is 22.2 Å². The van der Waals surface area contributed by atoms with Gasteiger partial charge < -0.3 is 0 Å². The average Bonchev–Trinajstić information content (AvgIpc) is 2.66. The molecular formula is C26H37N3O2. The van der Waals surface area contributed by atoms with Gasteiger partial charge in [-0.1, -0.05) is 71.1 Å². The van der Waals surface area contributed by atoms with Crippen molar-refractivity contribution in [2.24, 2.45) is 5.41 Å². The quantitative estimate of drug-likeness (QED) is 0.357. The Morgan fingerprint density at radius 3 is 2.03 bits per heavy atom. The lowest BCUT2D eigenvalue weighted by Gasteiger charge is -2.18. The van der Waals surface area contributed by atoms with Crippen LogP contribution in [0.5, 0.6) is 0 Å². The SMILES string of the molecule is CC(=O)N(C(C)=O)c1nc(C)c(C#N)cc1C#CCCCCCCCCCC(C)(C)C. The van der Waals surface area contributed by atoms with E-state index in [1.807, 2.05) is 0 Å². The van der Waals surface area contributed by atoms with Gasteiger partial charge in [-0.05, 0) is 31.2 Å². The maximum Gasteiger partial charge on any atom is 0.231 e. The van der Waals surface area contributed by atoms with Gasteiger partial charge in [-0.3, -0.25) is 9.59 Å². The Balaban J connectivity index is 2.61. The summed E-state index contributed by atoms with van der Waals surface area (Å²) in [5.41, 5.74) is 1.74. The number of nitriles is 1. The van der Waals surface area contributed by atoms with Gasteiger partial charge in [-0.15, -0.1) is 0 Å². The van der Waals surface area contributed by atoms with Gasteiger partial charge in [0.05, 0.1) is 16.8 Å². The molecule has 1 rings (SSSR count). The highest BCUT2D eigenvalue weighted by Crippen LogP contribution is 2.23. The Morgan fingerprint density at radius 2 is 1.52 bits per heavy atom. The largest absolute Gasteiger partial charge is 0.274 e. The number of aryl methyl sites for hydroxylation is 1. The zero-order valence-electron chi connectivity index (χ0n) is 20.1. The fraction of sp³-hybridized carbons (Fsp3) is 0.615. The molecule has 1 aromatic heterocycles. The number of carbonyl (C=O) groups is 2. The van der Waals surface area contributed by atoms with Crippen molar-refractivity contribution in [2.45, 2.75) is 99.3 Å². The molecule has 5 nitrogen and oxygen atoms in total. The third-order valence-corrected chi connectivity index (χ3v) is 5.11. The molecule has 0 N–H and O–H groups in total. The van der Waals surface area contributed by atoms with Crippen molar-refractivity contribution in [1.82, 2.24) is 4.98 Å². The number of nitrogens with zero attached hydrogens (tertiary/aromatic N) is 3. The predicted molar refractivity (Wildman–Crippen MR) is 125 cm³/mol. The Morgan fingerprint density at radius 1 is 0.968 bits per heavy atom. The molecule has 168 valence electrons. The van der Waals surface area contributed by atoms with E-state index in [2.05, 4.69) is 43.7 Å². The van der Waals surface area contributed by atoms with Crippen molar-refractivity contribution in [2.75, 3.05) is 4.90 Å². The van der Waals surface area contributed by atoms with Crippen molar-refractivity contribution >= 4 is 17.6 Å². The molecule has 0 saturated heterocycles. The lowest BCUT2D eigenvalue weighted by Crippen LogP contribution is -2.34. The minimum absolute atomic E-state index is 0.208. The molecule has 0 aliphatic heterocycles. The minimum atomic E-state index is -0.422. The number of amides is 2. The summed E-state index contributed by atoms with van der Waals surface area (Å²) in [7, 11) is 0. The van der Waals surface area contributed by atoms with Gasteiger partial charge in [-0.25, -0.2) is 9.88 Å². The Kier molecular flexibility index (Phi) is 11.0. The van der Waals surface area contributed by atoms with Crippen LogP contribution in [0.3, 0.4) is 0 Å². The Hall–Kier alpha value is -2.66. The van der Waals surface area contributed by atoms with Crippen molar-refractivity contribution in [3.63, 3.8) is 0 Å². The lowest BCUT2D eigenvalue weighted by molar-refractivity contribution is -0.124. The third kappa shape index (κ3) is 9.79. The van der Waals surface area contributed by atoms with Gasteiger partial charge in [0.1, 0.15) is 6.07 Å². The topological polar surface area (TPSA) is 74.1 Å². The molecule has 2 amide bonds. The normalized spacial score (nSPS) is 10.7. The summed E-state index contributed by atoms with van der Waals surface area (Å²) in [6, 6.07) is 3.70. The van der Waals surface area contributed by atoms with E-state index in [-0.39, 0.29) is 5.82 Å². The second kappa shape index (κ2) is 12.9. The average molecular weight is 424 g/mol. The van der Waals surface area contributed by atoms with Crippen molar-refractivity contribution < 1.29 is 9.59 Å². The summed E-state index contributed by atoms with van der Waals surface area (Å²) in [6.07, 6.45) is 10.6. The Labute approximate surface area is 188 Å². The molecule has 5 heteroatoms. The highest BCUT2D eigenvalue weighted by Gasteiger charge is 2.22. The number of aromatic nitrogens is 1. The van der Waals surface area contributed by atoms with Gasteiger partial charge in [0.2, 0.25) is 11.8 Å². The van der Waals surface area contributed by atoms with Crippen LogP contribution in [0.25, 0.3) is 0 Å². The second-order valence-corrected chi connectivity index (χ2v) is 9.32. The van der Waals surface area contributed by atoms with Crippen LogP contribution < -0.4 is 4.90 Å². The molecule has 0 fully saturated rings. The molecule has 0 spiro atoms. The molecule has 0 aromatic carbocycles. The van der Waals surface area contributed by atoms with E-state index >= 15 is 0 Å². The summed E-state index contributed by atoms with van der Waals surface area (Å²) in [6.45, 7) is 11.2. The van der Waals surface area contributed by atoms with Crippen LogP contribution in [0, 0.1) is 35.5 Å². The number of unbranched alkanes of at least 4 members (excludes halogenated alkanes) is 7. The summed E-state index contributed by atoms with van der Waals surface area (Å²) >= 11 is 0. The zero-order valence-corrected chi connectivity index (χ0v) is 20.1. The van der Waals surface area contributed by atoms with Gasteiger partial charge in [-0.2, -0.15) is 5.26 Å². The van der Waals surface area contributed by atoms with Crippen LogP contribution in [-0.2, 0) is 9.59 Å². The van der Waals surface area contributed by atoms with Crippen LogP contribution >= 0.6 is 0 Å². The maximum absolute atomic E-state index is 11.9. The Bertz CT molecular complexity index is 850. The number of hydrogen-bond donors (Lipinski definition) is 0. The van der Waals surface area contributed by atoms with Crippen LogP contribution in [0.15, 0.2) is 6.07 Å². The lowest BCUT2D eigenvalue weighted by atomic mass is 9.89. The number of pyridine rings is 1. The summed E-state index contributed by atoms with van der Waals surface area (Å²) < 4.78 is 0. The first-order chi connectivity index (χ1) is 14.6. The second-order valence-electron chi connectivity index (χ2n) is 9.32. The minimum Gasteiger partial charge on any atom is -0.274 e. The van der Waals surface area contributed by atoms with Gasteiger partial charge in [0, 0.05) is 20.3 Å². The van der Waals surface area contributed by atoms with E-state index in [1.54, 1.807) is 13.0 Å². The standard InChI is InChI=1S/C26H37N3O2/c1-20-24(19-27)18-23(25(28-20)29(21(2)30)22(3)31)16-14-12-10-8-7-9-11-13-15-17-26(4,5)6/h18H,7-13,15,17H2,1-6H3. The maximum atomic E-state index is 11.9. The first kappa shape index (κ1) is 26.4. The predicted octanol–water partition coefficient (Wildman–Crippen LogP) is 6.07. The molecule has 1 aromatic rings. The first-order valence-electron chi connectivity index (χ1n) is 11.3. The molecule has 0 aliphatic rings.